The van der Waals surface area contributed by atoms with Crippen molar-refractivity contribution in [3.63, 3.8) is 0 Å². The van der Waals surface area contributed by atoms with Crippen LogP contribution in [0.4, 0.5) is 11.4 Å². The number of primary amides is 1. The number of rotatable bonds is 8. The number of benzene rings is 2. The fourth-order valence-electron chi connectivity index (χ4n) is 3.69. The smallest absolute Gasteiger partial charge is 0.273 e. The lowest BCUT2D eigenvalue weighted by Crippen LogP contribution is -2.49. The number of nitrogens with one attached hydrogen (secondary N) is 1. The molecule has 3 rings (SSSR count). The number of aryl methyl sites for hydroxylation is 1. The molecule has 1 heterocycles. The lowest BCUT2D eigenvalue weighted by molar-refractivity contribution is -0.123. The predicted molar refractivity (Wildman–Crippen MR) is 143 cm³/mol. The molecule has 0 aliphatic rings. The molecule has 0 aliphatic carbocycles. The number of methoxy groups -OCH3 is 2. The second kappa shape index (κ2) is 10.9. The molecule has 10 nitrogen and oxygen atoms in total. The summed E-state index contributed by atoms with van der Waals surface area (Å²) in [7, 11) is 2.95. The number of nitrogens with zero attached hydrogens (tertiary/aromatic N) is 2. The van der Waals surface area contributed by atoms with Gasteiger partial charge in [0.2, 0.25) is 5.91 Å². The molecule has 0 radical (unpaired) electrons. The SMILES string of the molecule is COc1ccc(N(C(=O)c2snc(C(N)=O)c2N)C(C(=O)NC(C)(C)C)c2ccc(C)cc2)c(OC)c1. The number of carbonyl (C=O) groups excluding carboxylic acids is 3. The summed E-state index contributed by atoms with van der Waals surface area (Å²) in [6, 6.07) is 11.0. The maximum Gasteiger partial charge on any atom is 0.273 e. The van der Waals surface area contributed by atoms with E-state index in [1.54, 1.807) is 30.3 Å². The number of carbonyl (C=O) groups is 3. The van der Waals surface area contributed by atoms with Crippen LogP contribution in [0, 0.1) is 6.92 Å². The molecule has 37 heavy (non-hydrogen) atoms. The molecule has 0 aliphatic heterocycles. The second-order valence-electron chi connectivity index (χ2n) is 9.40. The quantitative estimate of drug-likeness (QED) is 0.408. The Balaban J connectivity index is 2.31. The van der Waals surface area contributed by atoms with Gasteiger partial charge >= 0.3 is 0 Å². The maximum absolute atomic E-state index is 14.2. The summed E-state index contributed by atoms with van der Waals surface area (Å²) in [4.78, 5) is 41.0. The third-order valence-electron chi connectivity index (χ3n) is 5.42. The fourth-order valence-corrected chi connectivity index (χ4v) is 4.43. The molecule has 0 spiro atoms. The van der Waals surface area contributed by atoms with E-state index in [1.807, 2.05) is 39.8 Å². The number of aromatic nitrogens is 1. The van der Waals surface area contributed by atoms with Crippen molar-refractivity contribution < 1.29 is 23.9 Å². The first-order chi connectivity index (χ1) is 17.4. The molecule has 0 saturated carbocycles. The molecule has 5 N–H and O–H groups in total. The third kappa shape index (κ3) is 6.00. The molecule has 196 valence electrons. The van der Waals surface area contributed by atoms with Crippen LogP contribution in [0.5, 0.6) is 11.5 Å². The summed E-state index contributed by atoms with van der Waals surface area (Å²) in [6.07, 6.45) is 0. The Hall–Kier alpha value is -4.12. The van der Waals surface area contributed by atoms with Gasteiger partial charge in [0.1, 0.15) is 22.4 Å². The standard InChI is InChI=1S/C26H31N5O5S/c1-14-7-9-15(10-8-14)21(24(33)29-26(2,3)4)31(17-12-11-16(35-5)13-18(17)36-6)25(34)22-19(27)20(23(28)32)30-37-22/h7-13,21H,27H2,1-6H3,(H2,28,32)(H,29,33). The summed E-state index contributed by atoms with van der Waals surface area (Å²) < 4.78 is 14.9. The zero-order valence-electron chi connectivity index (χ0n) is 21.6. The Morgan fingerprint density at radius 3 is 2.22 bits per heavy atom. The van der Waals surface area contributed by atoms with Gasteiger partial charge in [-0.3, -0.25) is 19.3 Å². The van der Waals surface area contributed by atoms with Crippen LogP contribution in [0.1, 0.15) is 58.1 Å². The topological polar surface area (TPSA) is 150 Å². The number of anilines is 2. The van der Waals surface area contributed by atoms with Crippen molar-refractivity contribution in [2.24, 2.45) is 5.73 Å². The van der Waals surface area contributed by atoms with Crippen molar-refractivity contribution in [3.05, 3.63) is 64.2 Å². The Bertz CT molecular complexity index is 1310. The molecule has 1 aromatic heterocycles. The minimum Gasteiger partial charge on any atom is -0.497 e. The van der Waals surface area contributed by atoms with Crippen LogP contribution in [0.25, 0.3) is 0 Å². The van der Waals surface area contributed by atoms with Gasteiger partial charge in [-0.2, -0.15) is 4.37 Å². The second-order valence-corrected chi connectivity index (χ2v) is 10.2. The third-order valence-corrected chi connectivity index (χ3v) is 6.27. The monoisotopic (exact) mass is 525 g/mol. The van der Waals surface area contributed by atoms with Crippen molar-refractivity contribution in [1.82, 2.24) is 9.69 Å². The van der Waals surface area contributed by atoms with Crippen LogP contribution < -0.4 is 31.2 Å². The Kier molecular flexibility index (Phi) is 8.07. The van der Waals surface area contributed by atoms with Crippen LogP contribution >= 0.6 is 11.5 Å². The molecule has 11 heteroatoms. The van der Waals surface area contributed by atoms with E-state index in [0.29, 0.717) is 11.3 Å². The normalized spacial score (nSPS) is 11.9. The summed E-state index contributed by atoms with van der Waals surface area (Å²) in [5.74, 6) is -1.16. The van der Waals surface area contributed by atoms with Gasteiger partial charge in [-0.15, -0.1) is 0 Å². The highest BCUT2D eigenvalue weighted by Gasteiger charge is 2.38. The van der Waals surface area contributed by atoms with Crippen LogP contribution in [0.3, 0.4) is 0 Å². The van der Waals surface area contributed by atoms with E-state index in [-0.39, 0.29) is 27.7 Å². The molecule has 1 atom stereocenters. The van der Waals surface area contributed by atoms with E-state index >= 15 is 0 Å². The minimum atomic E-state index is -1.13. The maximum atomic E-state index is 14.2. The van der Waals surface area contributed by atoms with Gasteiger partial charge in [-0.25, -0.2) is 0 Å². The minimum absolute atomic E-state index is 0.0349. The molecule has 2 aromatic carbocycles. The summed E-state index contributed by atoms with van der Waals surface area (Å²) in [6.45, 7) is 7.46. The van der Waals surface area contributed by atoms with Crippen molar-refractivity contribution in [1.29, 1.82) is 0 Å². The van der Waals surface area contributed by atoms with Gasteiger partial charge < -0.3 is 26.3 Å². The lowest BCUT2D eigenvalue weighted by atomic mass is 9.99. The Morgan fingerprint density at radius 2 is 1.70 bits per heavy atom. The van der Waals surface area contributed by atoms with Crippen LogP contribution in [-0.4, -0.2) is 41.9 Å². The zero-order chi connectivity index (χ0) is 27.5. The van der Waals surface area contributed by atoms with Crippen LogP contribution in [0.15, 0.2) is 42.5 Å². The van der Waals surface area contributed by atoms with Gasteiger partial charge in [0.05, 0.1) is 25.6 Å². The molecule has 3 amide bonds. The largest absolute Gasteiger partial charge is 0.497 e. The van der Waals surface area contributed by atoms with E-state index in [2.05, 4.69) is 9.69 Å². The summed E-state index contributed by atoms with van der Waals surface area (Å²) in [5, 5.41) is 2.97. The number of hydrogen-bond donors (Lipinski definition) is 3. The van der Waals surface area contributed by atoms with Gasteiger partial charge in [0, 0.05) is 11.6 Å². The molecular formula is C26H31N5O5S. The Labute approximate surface area is 219 Å². The van der Waals surface area contributed by atoms with Crippen LogP contribution in [-0.2, 0) is 4.79 Å². The number of amides is 3. The van der Waals surface area contributed by atoms with E-state index in [9.17, 15) is 14.4 Å². The van der Waals surface area contributed by atoms with Crippen molar-refractivity contribution in [2.75, 3.05) is 24.9 Å². The van der Waals surface area contributed by atoms with Crippen molar-refractivity contribution >= 4 is 40.6 Å². The summed E-state index contributed by atoms with van der Waals surface area (Å²) >= 11 is 0.732. The number of nitrogens with two attached hydrogens (primary N) is 2. The molecular weight excluding hydrogens is 494 g/mol. The molecule has 0 bridgehead atoms. The molecule has 0 saturated heterocycles. The predicted octanol–water partition coefficient (Wildman–Crippen LogP) is 3.45. The highest BCUT2D eigenvalue weighted by molar-refractivity contribution is 7.09. The number of nitrogen functional groups attached to an aromatic ring is 1. The van der Waals surface area contributed by atoms with Crippen LogP contribution in [0.2, 0.25) is 0 Å². The van der Waals surface area contributed by atoms with E-state index in [1.165, 1.54) is 19.1 Å². The van der Waals surface area contributed by atoms with Gasteiger partial charge in [0.25, 0.3) is 11.8 Å². The highest BCUT2D eigenvalue weighted by atomic mass is 32.1. The zero-order valence-corrected chi connectivity index (χ0v) is 22.4. The molecule has 1 unspecified atom stereocenters. The number of hydrogen-bond acceptors (Lipinski definition) is 8. The van der Waals surface area contributed by atoms with Gasteiger partial charge in [-0.1, -0.05) is 29.8 Å². The lowest BCUT2D eigenvalue weighted by Gasteiger charge is -2.34. The van der Waals surface area contributed by atoms with E-state index in [4.69, 9.17) is 20.9 Å². The molecule has 0 fully saturated rings. The molecule has 3 aromatic rings. The number of ether oxygens (including phenoxy) is 2. The van der Waals surface area contributed by atoms with Gasteiger partial charge in [0.15, 0.2) is 5.69 Å². The fraction of sp³-hybridized carbons (Fsp3) is 0.308. The highest BCUT2D eigenvalue weighted by Crippen LogP contribution is 2.40. The first-order valence-corrected chi connectivity index (χ1v) is 12.1. The summed E-state index contributed by atoms with van der Waals surface area (Å²) in [5.41, 5.74) is 12.4. The van der Waals surface area contributed by atoms with E-state index < -0.39 is 29.3 Å². The Morgan fingerprint density at radius 1 is 1.05 bits per heavy atom. The van der Waals surface area contributed by atoms with Gasteiger partial charge in [-0.05, 0) is 56.9 Å². The average molecular weight is 526 g/mol. The first-order valence-electron chi connectivity index (χ1n) is 11.4. The van der Waals surface area contributed by atoms with E-state index in [0.717, 1.165) is 17.1 Å². The average Bonchev–Trinajstić information content (AvgIpc) is 3.23. The van der Waals surface area contributed by atoms with Crippen molar-refractivity contribution in [3.8, 4) is 11.5 Å². The van der Waals surface area contributed by atoms with Crippen molar-refractivity contribution in [2.45, 2.75) is 39.3 Å². The first kappa shape index (κ1) is 27.5.